The number of carbonyl (C=O) groups excluding carboxylic acids is 1. The Labute approximate surface area is 119 Å². The second-order valence-corrected chi connectivity index (χ2v) is 6.10. The quantitative estimate of drug-likeness (QED) is 0.774. The summed E-state index contributed by atoms with van der Waals surface area (Å²) in [6.07, 6.45) is 1.63. The lowest BCUT2D eigenvalue weighted by molar-refractivity contribution is -0.139. The van der Waals surface area contributed by atoms with Crippen LogP contribution in [0.3, 0.4) is 0 Å². The molecule has 19 heavy (non-hydrogen) atoms. The summed E-state index contributed by atoms with van der Waals surface area (Å²) < 4.78 is 4.76. The van der Waals surface area contributed by atoms with Crippen LogP contribution in [-0.2, 0) is 22.5 Å². The van der Waals surface area contributed by atoms with Gasteiger partial charge in [-0.3, -0.25) is 9.69 Å². The van der Waals surface area contributed by atoms with Crippen LogP contribution in [0.4, 0.5) is 0 Å². The Kier molecular flexibility index (Phi) is 5.28. The first kappa shape index (κ1) is 14.4. The van der Waals surface area contributed by atoms with Crippen molar-refractivity contribution < 1.29 is 9.53 Å². The zero-order valence-corrected chi connectivity index (χ0v) is 12.4. The van der Waals surface area contributed by atoms with Gasteiger partial charge in [0.1, 0.15) is 0 Å². The molecule has 0 aliphatic carbocycles. The lowest BCUT2D eigenvalue weighted by atomic mass is 10.0. The second-order valence-electron chi connectivity index (χ2n) is 4.95. The van der Waals surface area contributed by atoms with E-state index in [9.17, 15) is 4.79 Å². The van der Waals surface area contributed by atoms with Crippen molar-refractivity contribution in [3.05, 3.63) is 35.4 Å². The van der Waals surface area contributed by atoms with Crippen molar-refractivity contribution in [3.63, 3.8) is 0 Å². The molecular formula is C15H21NO2S. The van der Waals surface area contributed by atoms with Gasteiger partial charge in [0, 0.05) is 18.3 Å². The summed E-state index contributed by atoms with van der Waals surface area (Å²) in [6.45, 7) is 0.901. The molecule has 1 aromatic carbocycles. The molecule has 1 aliphatic heterocycles. The Bertz CT molecular complexity index is 430. The van der Waals surface area contributed by atoms with Crippen LogP contribution in [0.5, 0.6) is 0 Å². The molecule has 4 heteroatoms. The average Bonchev–Trinajstić information content (AvgIpc) is 2.95. The highest BCUT2D eigenvalue weighted by Gasteiger charge is 2.20. The number of esters is 1. The van der Waals surface area contributed by atoms with Crippen molar-refractivity contribution in [3.8, 4) is 0 Å². The van der Waals surface area contributed by atoms with E-state index in [0.29, 0.717) is 12.5 Å². The van der Waals surface area contributed by atoms with Gasteiger partial charge < -0.3 is 4.74 Å². The van der Waals surface area contributed by atoms with Crippen LogP contribution >= 0.6 is 11.8 Å². The summed E-state index contributed by atoms with van der Waals surface area (Å²) in [5, 5.41) is 0. The third-order valence-corrected chi connectivity index (χ3v) is 4.77. The molecule has 104 valence electrons. The first-order chi connectivity index (χ1) is 9.20. The van der Waals surface area contributed by atoms with Crippen LogP contribution < -0.4 is 0 Å². The third-order valence-electron chi connectivity index (χ3n) is 3.63. The van der Waals surface area contributed by atoms with Gasteiger partial charge in [-0.05, 0) is 30.3 Å². The molecular weight excluding hydrogens is 258 g/mol. The van der Waals surface area contributed by atoms with Gasteiger partial charge in [0.2, 0.25) is 0 Å². The van der Waals surface area contributed by atoms with Gasteiger partial charge in [0.25, 0.3) is 0 Å². The molecule has 1 unspecified atom stereocenters. The minimum absolute atomic E-state index is 0.175. The molecule has 1 saturated heterocycles. The molecule has 0 aromatic heterocycles. The lowest BCUT2D eigenvalue weighted by Crippen LogP contribution is -2.31. The highest BCUT2D eigenvalue weighted by atomic mass is 32.2. The zero-order valence-electron chi connectivity index (χ0n) is 11.6. The Morgan fingerprint density at radius 2 is 2.16 bits per heavy atom. The van der Waals surface area contributed by atoms with E-state index < -0.39 is 0 Å². The SMILES string of the molecule is COC(=O)Cc1ccccc1CN(C)C1CCSC1. The maximum atomic E-state index is 11.4. The summed E-state index contributed by atoms with van der Waals surface area (Å²) >= 11 is 2.02. The standard InChI is InChI=1S/C15H21NO2S/c1-16(14-7-8-19-11-14)10-13-6-4-3-5-12(13)9-15(17)18-2/h3-6,14H,7-11H2,1-2H3. The summed E-state index contributed by atoms with van der Waals surface area (Å²) in [6, 6.07) is 8.80. The van der Waals surface area contributed by atoms with Crippen LogP contribution in [0.1, 0.15) is 17.5 Å². The highest BCUT2D eigenvalue weighted by Crippen LogP contribution is 2.23. The molecule has 1 aliphatic rings. The molecule has 0 radical (unpaired) electrons. The number of rotatable bonds is 5. The smallest absolute Gasteiger partial charge is 0.309 e. The van der Waals surface area contributed by atoms with E-state index >= 15 is 0 Å². The average molecular weight is 279 g/mol. The van der Waals surface area contributed by atoms with Gasteiger partial charge in [-0.25, -0.2) is 0 Å². The maximum Gasteiger partial charge on any atom is 0.309 e. The third kappa shape index (κ3) is 3.98. The van der Waals surface area contributed by atoms with Gasteiger partial charge >= 0.3 is 5.97 Å². The molecule has 1 heterocycles. The van der Waals surface area contributed by atoms with Crippen molar-refractivity contribution in [2.24, 2.45) is 0 Å². The number of hydrogen-bond donors (Lipinski definition) is 0. The van der Waals surface area contributed by atoms with Crippen LogP contribution in [0, 0.1) is 0 Å². The van der Waals surface area contributed by atoms with Crippen molar-refractivity contribution in [1.82, 2.24) is 4.90 Å². The van der Waals surface area contributed by atoms with Gasteiger partial charge in [-0.2, -0.15) is 11.8 Å². The predicted molar refractivity (Wildman–Crippen MR) is 79.4 cm³/mol. The molecule has 3 nitrogen and oxygen atoms in total. The fourth-order valence-corrected chi connectivity index (χ4v) is 3.68. The summed E-state index contributed by atoms with van der Waals surface area (Å²) in [7, 11) is 3.61. The van der Waals surface area contributed by atoms with Crippen molar-refractivity contribution >= 4 is 17.7 Å². The Hall–Kier alpha value is -1.00. The number of methoxy groups -OCH3 is 1. The van der Waals surface area contributed by atoms with Gasteiger partial charge in [0.05, 0.1) is 13.5 Å². The van der Waals surface area contributed by atoms with Crippen LogP contribution in [-0.4, -0.2) is 42.6 Å². The van der Waals surface area contributed by atoms with E-state index in [1.807, 2.05) is 30.0 Å². The molecule has 0 amide bonds. The van der Waals surface area contributed by atoms with Crippen LogP contribution in [0.25, 0.3) is 0 Å². The molecule has 1 atom stereocenters. The first-order valence-electron chi connectivity index (χ1n) is 6.62. The lowest BCUT2D eigenvalue weighted by Gasteiger charge is -2.24. The maximum absolute atomic E-state index is 11.4. The molecule has 0 spiro atoms. The van der Waals surface area contributed by atoms with Crippen LogP contribution in [0.2, 0.25) is 0 Å². The minimum Gasteiger partial charge on any atom is -0.469 e. The van der Waals surface area contributed by atoms with Gasteiger partial charge in [-0.15, -0.1) is 0 Å². The predicted octanol–water partition coefficient (Wildman–Crippen LogP) is 2.34. The zero-order chi connectivity index (χ0) is 13.7. The number of nitrogens with zero attached hydrogens (tertiary/aromatic N) is 1. The molecule has 1 aromatic rings. The Morgan fingerprint density at radius 3 is 2.79 bits per heavy atom. The first-order valence-corrected chi connectivity index (χ1v) is 7.77. The molecule has 0 N–H and O–H groups in total. The van der Waals surface area contributed by atoms with E-state index in [1.165, 1.54) is 30.6 Å². The van der Waals surface area contributed by atoms with Crippen LogP contribution in [0.15, 0.2) is 24.3 Å². The number of thioether (sulfide) groups is 1. The minimum atomic E-state index is -0.175. The van der Waals surface area contributed by atoms with E-state index in [-0.39, 0.29) is 5.97 Å². The molecule has 2 rings (SSSR count). The van der Waals surface area contributed by atoms with Gasteiger partial charge in [-0.1, -0.05) is 24.3 Å². The van der Waals surface area contributed by atoms with E-state index in [4.69, 9.17) is 4.74 Å². The number of benzene rings is 1. The molecule has 0 bridgehead atoms. The largest absolute Gasteiger partial charge is 0.469 e. The summed E-state index contributed by atoms with van der Waals surface area (Å²) in [4.78, 5) is 13.8. The monoisotopic (exact) mass is 279 g/mol. The van der Waals surface area contributed by atoms with Crippen molar-refractivity contribution in [2.45, 2.75) is 25.4 Å². The Balaban J connectivity index is 2.04. The second kappa shape index (κ2) is 6.96. The number of carbonyl (C=O) groups is 1. The fourth-order valence-electron chi connectivity index (χ4n) is 2.38. The van der Waals surface area contributed by atoms with Gasteiger partial charge in [0.15, 0.2) is 0 Å². The summed E-state index contributed by atoms with van der Waals surface area (Å²) in [5.41, 5.74) is 2.30. The fraction of sp³-hybridized carbons (Fsp3) is 0.533. The topological polar surface area (TPSA) is 29.5 Å². The highest BCUT2D eigenvalue weighted by molar-refractivity contribution is 7.99. The Morgan fingerprint density at radius 1 is 1.42 bits per heavy atom. The van der Waals surface area contributed by atoms with E-state index in [0.717, 1.165) is 12.1 Å². The molecule has 1 fully saturated rings. The number of hydrogen-bond acceptors (Lipinski definition) is 4. The number of ether oxygens (including phenoxy) is 1. The van der Waals surface area contributed by atoms with Crippen molar-refractivity contribution in [2.75, 3.05) is 25.7 Å². The van der Waals surface area contributed by atoms with E-state index in [1.54, 1.807) is 0 Å². The molecule has 0 saturated carbocycles. The van der Waals surface area contributed by atoms with E-state index in [2.05, 4.69) is 18.0 Å². The normalized spacial score (nSPS) is 18.8. The van der Waals surface area contributed by atoms with Crippen molar-refractivity contribution in [1.29, 1.82) is 0 Å². The summed E-state index contributed by atoms with van der Waals surface area (Å²) in [5.74, 6) is 2.31.